The highest BCUT2D eigenvalue weighted by molar-refractivity contribution is 5.99. The second kappa shape index (κ2) is 17.1. The Balaban J connectivity index is 1.23. The number of nitrogens with zero attached hydrogens (tertiary/aromatic N) is 4. The standard InChI is InChI=1S/C42H56N6O4/c1-6-40(49)47-16-12-36(13-17-47)48(7-2)39-26-34(25-37(31(39)5)41(50)43-27-38-29(3)24-30(4)44-42(38)51)33-10-8-32(9-11-33)28-45-18-20-46(21-19-45)35-14-22-52-23-15-35/h6,8-11,24-26,35-36H,1,7,12-23,27-28H2,2-5H3,(H,43,50)(H,44,51). The molecule has 3 aromatic rings. The molecule has 10 nitrogen and oxygen atoms in total. The molecule has 10 heteroatoms. The number of amides is 2. The van der Waals surface area contributed by atoms with Gasteiger partial charge in [0.15, 0.2) is 0 Å². The Labute approximate surface area is 308 Å². The highest BCUT2D eigenvalue weighted by atomic mass is 16.5. The first-order valence-electron chi connectivity index (χ1n) is 19.1. The predicted octanol–water partition coefficient (Wildman–Crippen LogP) is 5.20. The molecular formula is C42H56N6O4. The molecule has 6 rings (SSSR count). The van der Waals surface area contributed by atoms with Gasteiger partial charge in [-0.1, -0.05) is 30.8 Å². The van der Waals surface area contributed by atoms with E-state index in [1.54, 1.807) is 0 Å². The van der Waals surface area contributed by atoms with Gasteiger partial charge in [0.25, 0.3) is 11.5 Å². The Morgan fingerprint density at radius 3 is 2.27 bits per heavy atom. The number of piperidine rings is 1. The van der Waals surface area contributed by atoms with Crippen molar-refractivity contribution in [2.75, 3.05) is 63.9 Å². The van der Waals surface area contributed by atoms with Crippen LogP contribution in [0.5, 0.6) is 0 Å². The molecule has 0 aliphatic carbocycles. The molecule has 0 spiro atoms. The fraction of sp³-hybridized carbons (Fsp3) is 0.500. The molecule has 2 amide bonds. The average molecular weight is 709 g/mol. The number of aryl methyl sites for hydroxylation is 2. The van der Waals surface area contributed by atoms with Crippen LogP contribution in [-0.4, -0.2) is 103 Å². The van der Waals surface area contributed by atoms with Crippen LogP contribution in [-0.2, 0) is 22.6 Å². The molecule has 3 fully saturated rings. The largest absolute Gasteiger partial charge is 0.381 e. The normalized spacial score (nSPS) is 18.0. The predicted molar refractivity (Wildman–Crippen MR) is 208 cm³/mol. The van der Waals surface area contributed by atoms with Gasteiger partial charge in [0.2, 0.25) is 5.91 Å². The number of piperazine rings is 1. The van der Waals surface area contributed by atoms with Crippen molar-refractivity contribution in [1.82, 2.24) is 25.0 Å². The first-order valence-corrected chi connectivity index (χ1v) is 19.1. The van der Waals surface area contributed by atoms with Gasteiger partial charge in [-0.25, -0.2) is 0 Å². The maximum Gasteiger partial charge on any atom is 0.253 e. The lowest BCUT2D eigenvalue weighted by atomic mass is 9.94. The van der Waals surface area contributed by atoms with Gasteiger partial charge in [0.05, 0.1) is 0 Å². The molecule has 1 aromatic heterocycles. The second-order valence-corrected chi connectivity index (χ2v) is 14.7. The number of pyridine rings is 1. The van der Waals surface area contributed by atoms with E-state index in [0.717, 1.165) is 112 Å². The summed E-state index contributed by atoms with van der Waals surface area (Å²) in [7, 11) is 0. The van der Waals surface area contributed by atoms with E-state index in [1.807, 2.05) is 37.8 Å². The van der Waals surface area contributed by atoms with E-state index in [9.17, 15) is 14.4 Å². The molecule has 0 unspecified atom stereocenters. The summed E-state index contributed by atoms with van der Waals surface area (Å²) in [5.41, 5.74) is 7.86. The molecule has 4 heterocycles. The Morgan fingerprint density at radius 2 is 1.63 bits per heavy atom. The lowest BCUT2D eigenvalue weighted by Gasteiger charge is -2.40. The van der Waals surface area contributed by atoms with Crippen molar-refractivity contribution in [2.24, 2.45) is 0 Å². The molecular weight excluding hydrogens is 653 g/mol. The number of hydrogen-bond acceptors (Lipinski definition) is 7. The van der Waals surface area contributed by atoms with Crippen LogP contribution in [0.3, 0.4) is 0 Å². The van der Waals surface area contributed by atoms with E-state index >= 15 is 0 Å². The van der Waals surface area contributed by atoms with Gasteiger partial charge >= 0.3 is 0 Å². The third-order valence-electron chi connectivity index (χ3n) is 11.4. The molecule has 0 saturated carbocycles. The van der Waals surface area contributed by atoms with Crippen molar-refractivity contribution in [3.63, 3.8) is 0 Å². The average Bonchev–Trinajstić information content (AvgIpc) is 3.16. The van der Waals surface area contributed by atoms with E-state index in [0.29, 0.717) is 30.3 Å². The number of aromatic amines is 1. The van der Waals surface area contributed by atoms with Crippen LogP contribution in [0.15, 0.2) is 59.9 Å². The minimum atomic E-state index is -0.209. The first kappa shape index (κ1) is 37.5. The summed E-state index contributed by atoms with van der Waals surface area (Å²) in [4.78, 5) is 51.4. The van der Waals surface area contributed by atoms with Gasteiger partial charge < -0.3 is 24.8 Å². The number of hydrogen-bond donors (Lipinski definition) is 2. The summed E-state index contributed by atoms with van der Waals surface area (Å²) in [5.74, 6) is -0.235. The molecule has 3 aliphatic heterocycles. The van der Waals surface area contributed by atoms with Crippen LogP contribution < -0.4 is 15.8 Å². The van der Waals surface area contributed by atoms with E-state index in [1.165, 1.54) is 11.6 Å². The van der Waals surface area contributed by atoms with Crippen LogP contribution in [0.1, 0.15) is 70.9 Å². The molecule has 278 valence electrons. The second-order valence-electron chi connectivity index (χ2n) is 14.7. The van der Waals surface area contributed by atoms with Crippen molar-refractivity contribution >= 4 is 17.5 Å². The zero-order valence-corrected chi connectivity index (χ0v) is 31.5. The summed E-state index contributed by atoms with van der Waals surface area (Å²) in [6.45, 7) is 20.9. The van der Waals surface area contributed by atoms with Crippen LogP contribution in [0.2, 0.25) is 0 Å². The van der Waals surface area contributed by atoms with Crippen molar-refractivity contribution in [3.05, 3.63) is 99.0 Å². The number of aromatic nitrogens is 1. The number of rotatable bonds is 11. The maximum absolute atomic E-state index is 14.0. The summed E-state index contributed by atoms with van der Waals surface area (Å²) < 4.78 is 5.58. The molecule has 2 aromatic carbocycles. The summed E-state index contributed by atoms with van der Waals surface area (Å²) in [6, 6.07) is 15.8. The summed E-state index contributed by atoms with van der Waals surface area (Å²) in [6.07, 6.45) is 5.35. The monoisotopic (exact) mass is 708 g/mol. The molecule has 2 N–H and O–H groups in total. The van der Waals surface area contributed by atoms with Crippen molar-refractivity contribution in [2.45, 2.75) is 78.6 Å². The number of benzene rings is 2. The number of ether oxygens (including phenoxy) is 1. The number of anilines is 1. The van der Waals surface area contributed by atoms with Crippen molar-refractivity contribution in [3.8, 4) is 11.1 Å². The Kier molecular flexibility index (Phi) is 12.3. The van der Waals surface area contributed by atoms with Gasteiger partial charge in [0.1, 0.15) is 0 Å². The lowest BCUT2D eigenvalue weighted by Crippen LogP contribution is -2.51. The number of carbonyl (C=O) groups excluding carboxylic acids is 2. The number of likely N-dealkylation sites (tertiary alicyclic amines) is 1. The SMILES string of the molecule is C=CC(=O)N1CCC(N(CC)c2cc(-c3ccc(CN4CCN(C5CCOCC5)CC4)cc3)cc(C(=O)NCc3c(C)cc(C)[nH]c3=O)c2C)CC1. The number of H-pyrrole nitrogens is 1. The molecule has 3 aliphatic rings. The topological polar surface area (TPSA) is 101 Å². The van der Waals surface area contributed by atoms with Gasteiger partial charge in [-0.3, -0.25) is 24.2 Å². The smallest absolute Gasteiger partial charge is 0.253 e. The highest BCUT2D eigenvalue weighted by Crippen LogP contribution is 2.34. The van der Waals surface area contributed by atoms with Crippen LogP contribution in [0, 0.1) is 20.8 Å². The van der Waals surface area contributed by atoms with E-state index in [-0.39, 0.29) is 30.0 Å². The Morgan fingerprint density at radius 1 is 0.942 bits per heavy atom. The molecule has 3 saturated heterocycles. The Bertz CT molecular complexity index is 1780. The van der Waals surface area contributed by atoms with Gasteiger partial charge in [-0.05, 0) is 105 Å². The van der Waals surface area contributed by atoms with Crippen molar-refractivity contribution in [1.29, 1.82) is 0 Å². The van der Waals surface area contributed by atoms with Gasteiger partial charge in [0, 0.05) is 107 Å². The van der Waals surface area contributed by atoms with Crippen molar-refractivity contribution < 1.29 is 14.3 Å². The van der Waals surface area contributed by atoms with E-state index in [4.69, 9.17) is 4.74 Å². The maximum atomic E-state index is 14.0. The first-order chi connectivity index (χ1) is 25.1. The van der Waals surface area contributed by atoms with Crippen LogP contribution >= 0.6 is 0 Å². The fourth-order valence-corrected chi connectivity index (χ4v) is 8.31. The lowest BCUT2D eigenvalue weighted by molar-refractivity contribution is -0.127. The zero-order valence-electron chi connectivity index (χ0n) is 31.5. The fourth-order valence-electron chi connectivity index (χ4n) is 8.31. The third-order valence-corrected chi connectivity index (χ3v) is 11.4. The van der Waals surface area contributed by atoms with Gasteiger partial charge in [-0.2, -0.15) is 0 Å². The van der Waals surface area contributed by atoms with Crippen LogP contribution in [0.4, 0.5) is 5.69 Å². The third kappa shape index (κ3) is 8.68. The Hall–Kier alpha value is -4.25. The number of carbonyl (C=O) groups is 2. The summed E-state index contributed by atoms with van der Waals surface area (Å²) in [5, 5.41) is 3.06. The summed E-state index contributed by atoms with van der Waals surface area (Å²) >= 11 is 0. The van der Waals surface area contributed by atoms with Crippen LogP contribution in [0.25, 0.3) is 11.1 Å². The number of nitrogens with one attached hydrogen (secondary N) is 2. The van der Waals surface area contributed by atoms with Gasteiger partial charge in [-0.15, -0.1) is 0 Å². The minimum absolute atomic E-state index is 0.0260. The minimum Gasteiger partial charge on any atom is -0.381 e. The molecule has 0 atom stereocenters. The highest BCUT2D eigenvalue weighted by Gasteiger charge is 2.29. The molecule has 0 bridgehead atoms. The molecule has 52 heavy (non-hydrogen) atoms. The quantitative estimate of drug-likeness (QED) is 0.265. The molecule has 0 radical (unpaired) electrons. The van der Waals surface area contributed by atoms with E-state index in [2.05, 4.69) is 68.8 Å². The zero-order chi connectivity index (χ0) is 36.8. The van der Waals surface area contributed by atoms with E-state index < -0.39 is 0 Å².